The zero-order valence-corrected chi connectivity index (χ0v) is 14.7. The van der Waals surface area contributed by atoms with Gasteiger partial charge in [-0.25, -0.2) is 4.39 Å². The molecule has 0 saturated carbocycles. The van der Waals surface area contributed by atoms with Crippen molar-refractivity contribution in [2.24, 2.45) is 0 Å². The van der Waals surface area contributed by atoms with Gasteiger partial charge in [0.1, 0.15) is 5.82 Å². The average Bonchev–Trinajstić information content (AvgIpc) is 2.62. The Kier molecular flexibility index (Phi) is 6.04. The molecule has 138 valence electrons. The van der Waals surface area contributed by atoms with E-state index in [1.165, 1.54) is 12.1 Å². The maximum absolute atomic E-state index is 13.3. The van der Waals surface area contributed by atoms with E-state index in [1.54, 1.807) is 24.1 Å². The summed E-state index contributed by atoms with van der Waals surface area (Å²) in [4.78, 5) is 14.3. The Morgan fingerprint density at radius 2 is 2.16 bits per heavy atom. The Bertz CT molecular complexity index is 587. The molecule has 2 heterocycles. The van der Waals surface area contributed by atoms with Crippen molar-refractivity contribution < 1.29 is 23.4 Å². The number of hydrogen-bond acceptors (Lipinski definition) is 4. The van der Waals surface area contributed by atoms with Crippen LogP contribution < -0.4 is 0 Å². The van der Waals surface area contributed by atoms with Crippen molar-refractivity contribution in [1.82, 2.24) is 4.90 Å². The molecule has 3 rings (SSSR count). The summed E-state index contributed by atoms with van der Waals surface area (Å²) < 4.78 is 30.3. The van der Waals surface area contributed by atoms with Crippen LogP contribution in [0.15, 0.2) is 24.3 Å². The van der Waals surface area contributed by atoms with Gasteiger partial charge in [-0.05, 0) is 37.5 Å². The van der Waals surface area contributed by atoms with Crippen LogP contribution in [0.4, 0.5) is 4.39 Å². The van der Waals surface area contributed by atoms with Crippen molar-refractivity contribution in [3.05, 3.63) is 35.6 Å². The lowest BCUT2D eigenvalue weighted by molar-refractivity contribution is -0.154. The first-order chi connectivity index (χ1) is 12.1. The van der Waals surface area contributed by atoms with Crippen LogP contribution in [0.5, 0.6) is 0 Å². The van der Waals surface area contributed by atoms with Gasteiger partial charge in [0.05, 0.1) is 24.9 Å². The number of methoxy groups -OCH3 is 1. The quantitative estimate of drug-likeness (QED) is 0.765. The van der Waals surface area contributed by atoms with Crippen molar-refractivity contribution in [2.75, 3.05) is 40.0 Å². The fourth-order valence-corrected chi connectivity index (χ4v) is 3.69. The Labute approximate surface area is 148 Å². The standard InChI is InChI=1S/C19H26FNO4/c1-23-11-12-24-17-5-10-25-19(14-17)6-8-21(9-7-19)18(22)15-3-2-4-16(20)13-15/h2-4,13,17H,5-12,14H2,1H3. The second-order valence-electron chi connectivity index (χ2n) is 6.81. The van der Waals surface area contributed by atoms with E-state index < -0.39 is 0 Å². The third-order valence-electron chi connectivity index (χ3n) is 5.12. The number of halogens is 1. The Balaban J connectivity index is 1.54. The topological polar surface area (TPSA) is 48.0 Å². The van der Waals surface area contributed by atoms with Crippen molar-refractivity contribution >= 4 is 5.91 Å². The summed E-state index contributed by atoms with van der Waals surface area (Å²) in [5.41, 5.74) is 0.204. The van der Waals surface area contributed by atoms with Gasteiger partial charge < -0.3 is 19.1 Å². The number of piperidine rings is 1. The van der Waals surface area contributed by atoms with Crippen LogP contribution in [-0.2, 0) is 14.2 Å². The second-order valence-corrected chi connectivity index (χ2v) is 6.81. The lowest BCUT2D eigenvalue weighted by atomic mass is 9.83. The van der Waals surface area contributed by atoms with E-state index in [1.807, 2.05) is 0 Å². The van der Waals surface area contributed by atoms with Crippen molar-refractivity contribution in [3.8, 4) is 0 Å². The van der Waals surface area contributed by atoms with E-state index in [0.717, 1.165) is 25.7 Å². The van der Waals surface area contributed by atoms with Gasteiger partial charge >= 0.3 is 0 Å². The van der Waals surface area contributed by atoms with Gasteiger partial charge in [-0.2, -0.15) is 0 Å². The molecule has 2 saturated heterocycles. The molecule has 2 aliphatic heterocycles. The van der Waals surface area contributed by atoms with Gasteiger partial charge in [-0.3, -0.25) is 4.79 Å². The fourth-order valence-electron chi connectivity index (χ4n) is 3.69. The van der Waals surface area contributed by atoms with Crippen LogP contribution >= 0.6 is 0 Å². The molecule has 1 aromatic rings. The molecule has 1 atom stereocenters. The van der Waals surface area contributed by atoms with Crippen LogP contribution in [-0.4, -0.2) is 62.5 Å². The summed E-state index contributed by atoms with van der Waals surface area (Å²) in [6, 6.07) is 5.87. The molecule has 0 aliphatic carbocycles. The van der Waals surface area contributed by atoms with Crippen LogP contribution in [0.25, 0.3) is 0 Å². The number of hydrogen-bond donors (Lipinski definition) is 0. The largest absolute Gasteiger partial charge is 0.382 e. The zero-order chi connectivity index (χ0) is 17.7. The Morgan fingerprint density at radius 1 is 1.36 bits per heavy atom. The molecule has 0 bridgehead atoms. The van der Waals surface area contributed by atoms with Crippen LogP contribution in [0.3, 0.4) is 0 Å². The summed E-state index contributed by atoms with van der Waals surface area (Å²) in [5.74, 6) is -0.496. The minimum atomic E-state index is -0.383. The Hall–Kier alpha value is -1.50. The monoisotopic (exact) mass is 351 g/mol. The third kappa shape index (κ3) is 4.57. The number of rotatable bonds is 5. The molecular weight excluding hydrogens is 325 g/mol. The first-order valence-corrected chi connectivity index (χ1v) is 8.91. The summed E-state index contributed by atoms with van der Waals surface area (Å²) in [6.07, 6.45) is 3.53. The first-order valence-electron chi connectivity index (χ1n) is 8.91. The van der Waals surface area contributed by atoms with E-state index in [0.29, 0.717) is 38.5 Å². The van der Waals surface area contributed by atoms with Crippen LogP contribution in [0.2, 0.25) is 0 Å². The summed E-state index contributed by atoms with van der Waals surface area (Å²) in [7, 11) is 1.67. The SMILES string of the molecule is COCCOC1CCOC2(CCN(C(=O)c3cccc(F)c3)CC2)C1. The normalized spacial score (nSPS) is 23.0. The fraction of sp³-hybridized carbons (Fsp3) is 0.632. The van der Waals surface area contributed by atoms with Gasteiger partial charge in [0.2, 0.25) is 0 Å². The highest BCUT2D eigenvalue weighted by Gasteiger charge is 2.41. The van der Waals surface area contributed by atoms with E-state index >= 15 is 0 Å². The van der Waals surface area contributed by atoms with Crippen molar-refractivity contribution in [2.45, 2.75) is 37.4 Å². The summed E-state index contributed by atoms with van der Waals surface area (Å²) >= 11 is 0. The van der Waals surface area contributed by atoms with E-state index in [4.69, 9.17) is 14.2 Å². The predicted molar refractivity (Wildman–Crippen MR) is 91.1 cm³/mol. The maximum atomic E-state index is 13.3. The van der Waals surface area contributed by atoms with Gasteiger partial charge in [0, 0.05) is 38.8 Å². The summed E-state index contributed by atoms with van der Waals surface area (Å²) in [6.45, 7) is 3.14. The number of nitrogens with zero attached hydrogens (tertiary/aromatic N) is 1. The molecule has 25 heavy (non-hydrogen) atoms. The molecule has 1 aromatic carbocycles. The number of carbonyl (C=O) groups excluding carboxylic acids is 1. The molecule has 5 nitrogen and oxygen atoms in total. The highest BCUT2D eigenvalue weighted by Crippen LogP contribution is 2.36. The summed E-state index contributed by atoms with van der Waals surface area (Å²) in [5, 5.41) is 0. The maximum Gasteiger partial charge on any atom is 0.253 e. The lowest BCUT2D eigenvalue weighted by Gasteiger charge is -2.46. The lowest BCUT2D eigenvalue weighted by Crippen LogP contribution is -2.52. The minimum absolute atomic E-state index is 0.113. The van der Waals surface area contributed by atoms with Crippen molar-refractivity contribution in [1.29, 1.82) is 0 Å². The van der Waals surface area contributed by atoms with E-state index in [9.17, 15) is 9.18 Å². The second kappa shape index (κ2) is 8.25. The molecule has 1 unspecified atom stereocenters. The van der Waals surface area contributed by atoms with E-state index in [-0.39, 0.29) is 23.4 Å². The van der Waals surface area contributed by atoms with Crippen LogP contribution in [0, 0.1) is 5.82 Å². The molecule has 2 aliphatic rings. The number of likely N-dealkylation sites (tertiary alicyclic amines) is 1. The molecule has 0 N–H and O–H groups in total. The number of amides is 1. The molecule has 0 aromatic heterocycles. The highest BCUT2D eigenvalue weighted by molar-refractivity contribution is 5.94. The molecule has 6 heteroatoms. The molecule has 1 spiro atoms. The number of benzene rings is 1. The average molecular weight is 351 g/mol. The Morgan fingerprint density at radius 3 is 2.88 bits per heavy atom. The van der Waals surface area contributed by atoms with Gasteiger partial charge in [0.25, 0.3) is 5.91 Å². The van der Waals surface area contributed by atoms with Crippen molar-refractivity contribution in [3.63, 3.8) is 0 Å². The van der Waals surface area contributed by atoms with Crippen LogP contribution in [0.1, 0.15) is 36.0 Å². The molecule has 0 radical (unpaired) electrons. The molecule has 1 amide bonds. The molecular formula is C19H26FNO4. The van der Waals surface area contributed by atoms with Gasteiger partial charge in [-0.1, -0.05) is 6.07 Å². The zero-order valence-electron chi connectivity index (χ0n) is 14.7. The number of carbonyl (C=O) groups is 1. The first kappa shape index (κ1) is 18.3. The van der Waals surface area contributed by atoms with Gasteiger partial charge in [0.15, 0.2) is 0 Å². The molecule has 2 fully saturated rings. The predicted octanol–water partition coefficient (Wildman–Crippen LogP) is 2.64. The smallest absolute Gasteiger partial charge is 0.253 e. The third-order valence-corrected chi connectivity index (χ3v) is 5.12. The highest BCUT2D eigenvalue weighted by atomic mass is 19.1. The van der Waals surface area contributed by atoms with E-state index in [2.05, 4.69) is 0 Å². The van der Waals surface area contributed by atoms with Gasteiger partial charge in [-0.15, -0.1) is 0 Å². The minimum Gasteiger partial charge on any atom is -0.382 e. The number of ether oxygens (including phenoxy) is 3.